The molecule has 5 nitrogen and oxygen atoms in total. The van der Waals surface area contributed by atoms with Crippen LogP contribution in [0.5, 0.6) is 17.2 Å². The molecule has 1 amide bonds. The minimum Gasteiger partial charge on any atom is -0.507 e. The van der Waals surface area contributed by atoms with Gasteiger partial charge in [-0.2, -0.15) is 0 Å². The molecular weight excluding hydrogens is 326 g/mol. The van der Waals surface area contributed by atoms with E-state index < -0.39 is 5.91 Å². The second-order valence-electron chi connectivity index (χ2n) is 4.18. The normalized spacial score (nSPS) is 12.2. The minimum atomic E-state index is -0.400. The number of anilines is 1. The Bertz CT molecular complexity index is 687. The molecule has 0 aromatic heterocycles. The summed E-state index contributed by atoms with van der Waals surface area (Å²) in [7, 11) is 0. The van der Waals surface area contributed by atoms with Crippen LogP contribution >= 0.6 is 15.9 Å². The molecule has 1 heterocycles. The topological polar surface area (TPSA) is 67.8 Å². The molecule has 6 heteroatoms. The Hall–Kier alpha value is -2.21. The molecule has 102 valence electrons. The highest BCUT2D eigenvalue weighted by Gasteiger charge is 2.16. The maximum atomic E-state index is 12.1. The molecular formula is C14H10BrNO4. The lowest BCUT2D eigenvalue weighted by molar-refractivity contribution is 0.102. The molecule has 3 rings (SSSR count). The fourth-order valence-corrected chi connectivity index (χ4v) is 2.22. The summed E-state index contributed by atoms with van der Waals surface area (Å²) in [5.74, 6) is 0.753. The number of aromatic hydroxyl groups is 1. The summed E-state index contributed by atoms with van der Waals surface area (Å²) in [6.07, 6.45) is 0. The van der Waals surface area contributed by atoms with Gasteiger partial charge in [0.2, 0.25) is 6.79 Å². The predicted molar refractivity (Wildman–Crippen MR) is 76.3 cm³/mol. The summed E-state index contributed by atoms with van der Waals surface area (Å²) < 4.78 is 11.1. The Morgan fingerprint density at radius 2 is 1.95 bits per heavy atom. The zero-order valence-corrected chi connectivity index (χ0v) is 11.8. The van der Waals surface area contributed by atoms with Crippen molar-refractivity contribution in [1.82, 2.24) is 0 Å². The summed E-state index contributed by atoms with van der Waals surface area (Å²) >= 11 is 3.26. The Kier molecular flexibility index (Phi) is 3.23. The Balaban J connectivity index is 1.84. The van der Waals surface area contributed by atoms with Crippen molar-refractivity contribution in [3.05, 3.63) is 46.4 Å². The maximum absolute atomic E-state index is 12.1. The van der Waals surface area contributed by atoms with E-state index >= 15 is 0 Å². The monoisotopic (exact) mass is 335 g/mol. The van der Waals surface area contributed by atoms with Gasteiger partial charge < -0.3 is 19.9 Å². The summed E-state index contributed by atoms with van der Waals surface area (Å²) in [6, 6.07) is 9.78. The number of halogens is 1. The smallest absolute Gasteiger partial charge is 0.259 e. The van der Waals surface area contributed by atoms with Gasteiger partial charge in [0, 0.05) is 16.2 Å². The van der Waals surface area contributed by atoms with E-state index in [1.54, 1.807) is 30.3 Å². The standard InChI is InChI=1S/C14H10BrNO4/c15-8-1-3-11(17)10(5-8)14(18)16-9-2-4-12-13(6-9)20-7-19-12/h1-6,17H,7H2,(H,16,18). The lowest BCUT2D eigenvalue weighted by Crippen LogP contribution is -2.12. The molecule has 2 aromatic carbocycles. The number of carbonyl (C=O) groups excluding carboxylic acids is 1. The molecule has 0 radical (unpaired) electrons. The zero-order valence-electron chi connectivity index (χ0n) is 10.2. The van der Waals surface area contributed by atoms with E-state index in [9.17, 15) is 9.90 Å². The Morgan fingerprint density at radius 3 is 2.80 bits per heavy atom. The molecule has 0 bridgehead atoms. The number of benzene rings is 2. The van der Waals surface area contributed by atoms with Gasteiger partial charge in [-0.3, -0.25) is 4.79 Å². The van der Waals surface area contributed by atoms with Crippen LogP contribution in [-0.4, -0.2) is 17.8 Å². The van der Waals surface area contributed by atoms with Gasteiger partial charge >= 0.3 is 0 Å². The van der Waals surface area contributed by atoms with Gasteiger partial charge in [-0.25, -0.2) is 0 Å². The van der Waals surface area contributed by atoms with Gasteiger partial charge in [0.15, 0.2) is 11.5 Å². The van der Waals surface area contributed by atoms with Crippen molar-refractivity contribution in [2.24, 2.45) is 0 Å². The number of phenolic OH excluding ortho intramolecular Hbond substituents is 1. The van der Waals surface area contributed by atoms with E-state index in [2.05, 4.69) is 21.2 Å². The van der Waals surface area contributed by atoms with Crippen LogP contribution in [0.1, 0.15) is 10.4 Å². The minimum absolute atomic E-state index is 0.0774. The lowest BCUT2D eigenvalue weighted by atomic mass is 10.2. The summed E-state index contributed by atoms with van der Waals surface area (Å²) in [5.41, 5.74) is 0.760. The molecule has 0 saturated carbocycles. The van der Waals surface area contributed by atoms with Crippen molar-refractivity contribution in [2.45, 2.75) is 0 Å². The summed E-state index contributed by atoms with van der Waals surface area (Å²) in [6.45, 7) is 0.180. The van der Waals surface area contributed by atoms with Crippen LogP contribution in [0.25, 0.3) is 0 Å². The Labute approximate surface area is 123 Å². The molecule has 0 saturated heterocycles. The van der Waals surface area contributed by atoms with Crippen molar-refractivity contribution in [1.29, 1.82) is 0 Å². The number of hydrogen-bond donors (Lipinski definition) is 2. The highest BCUT2D eigenvalue weighted by Crippen LogP contribution is 2.34. The van der Waals surface area contributed by atoms with Gasteiger partial charge in [-0.05, 0) is 30.3 Å². The SMILES string of the molecule is O=C(Nc1ccc2c(c1)OCO2)c1cc(Br)ccc1O. The predicted octanol–water partition coefficient (Wildman–Crippen LogP) is 3.14. The average Bonchev–Trinajstić information content (AvgIpc) is 2.89. The van der Waals surface area contributed by atoms with E-state index in [1.807, 2.05) is 0 Å². The molecule has 1 aliphatic rings. The van der Waals surface area contributed by atoms with E-state index in [0.717, 1.165) is 0 Å². The molecule has 1 aliphatic heterocycles. The van der Waals surface area contributed by atoms with Crippen LogP contribution in [0.2, 0.25) is 0 Å². The number of rotatable bonds is 2. The van der Waals surface area contributed by atoms with Gasteiger partial charge in [0.25, 0.3) is 5.91 Å². The first kappa shape index (κ1) is 12.8. The van der Waals surface area contributed by atoms with Crippen LogP contribution in [0.4, 0.5) is 5.69 Å². The number of nitrogens with one attached hydrogen (secondary N) is 1. The van der Waals surface area contributed by atoms with Crippen molar-refractivity contribution in [3.8, 4) is 17.2 Å². The largest absolute Gasteiger partial charge is 0.507 e. The van der Waals surface area contributed by atoms with Crippen molar-refractivity contribution in [3.63, 3.8) is 0 Å². The van der Waals surface area contributed by atoms with Gasteiger partial charge in [0.1, 0.15) is 5.75 Å². The highest BCUT2D eigenvalue weighted by molar-refractivity contribution is 9.10. The second-order valence-corrected chi connectivity index (χ2v) is 5.10. The van der Waals surface area contributed by atoms with Crippen molar-refractivity contribution < 1.29 is 19.4 Å². The molecule has 0 atom stereocenters. The van der Waals surface area contributed by atoms with Crippen LogP contribution in [0.15, 0.2) is 40.9 Å². The number of carbonyl (C=O) groups is 1. The van der Waals surface area contributed by atoms with Gasteiger partial charge in [-0.1, -0.05) is 15.9 Å². The van der Waals surface area contributed by atoms with E-state index in [4.69, 9.17) is 9.47 Å². The maximum Gasteiger partial charge on any atom is 0.259 e. The first-order valence-corrected chi connectivity index (χ1v) is 6.62. The first-order valence-electron chi connectivity index (χ1n) is 5.83. The second kappa shape index (κ2) is 5.05. The molecule has 0 spiro atoms. The van der Waals surface area contributed by atoms with Crippen molar-refractivity contribution in [2.75, 3.05) is 12.1 Å². The van der Waals surface area contributed by atoms with Crippen LogP contribution in [0, 0.1) is 0 Å². The molecule has 0 aliphatic carbocycles. The van der Waals surface area contributed by atoms with Crippen LogP contribution < -0.4 is 14.8 Å². The number of ether oxygens (including phenoxy) is 2. The molecule has 0 unspecified atom stereocenters. The quantitative estimate of drug-likeness (QED) is 0.884. The fourth-order valence-electron chi connectivity index (χ4n) is 1.86. The third-order valence-electron chi connectivity index (χ3n) is 2.83. The molecule has 20 heavy (non-hydrogen) atoms. The van der Waals surface area contributed by atoms with E-state index in [1.165, 1.54) is 6.07 Å². The number of phenols is 1. The molecule has 2 N–H and O–H groups in total. The summed E-state index contributed by atoms with van der Waals surface area (Å²) in [5, 5.41) is 12.4. The third-order valence-corrected chi connectivity index (χ3v) is 3.33. The van der Waals surface area contributed by atoms with Crippen molar-refractivity contribution >= 4 is 27.5 Å². The third kappa shape index (κ3) is 2.42. The Morgan fingerprint density at radius 1 is 1.15 bits per heavy atom. The van der Waals surface area contributed by atoms with Gasteiger partial charge in [-0.15, -0.1) is 0 Å². The summed E-state index contributed by atoms with van der Waals surface area (Å²) in [4.78, 5) is 12.1. The van der Waals surface area contributed by atoms with E-state index in [0.29, 0.717) is 21.7 Å². The molecule has 2 aromatic rings. The van der Waals surface area contributed by atoms with Crippen LogP contribution in [0.3, 0.4) is 0 Å². The number of hydrogen-bond acceptors (Lipinski definition) is 4. The number of amides is 1. The number of fused-ring (bicyclic) bond motifs is 1. The fraction of sp³-hybridized carbons (Fsp3) is 0.0714. The highest BCUT2D eigenvalue weighted by atomic mass is 79.9. The van der Waals surface area contributed by atoms with Gasteiger partial charge in [0.05, 0.1) is 5.56 Å². The molecule has 0 fully saturated rings. The first-order chi connectivity index (χ1) is 9.63. The van der Waals surface area contributed by atoms with Crippen LogP contribution in [-0.2, 0) is 0 Å². The zero-order chi connectivity index (χ0) is 14.1. The van der Waals surface area contributed by atoms with E-state index in [-0.39, 0.29) is 18.1 Å². The lowest BCUT2D eigenvalue weighted by Gasteiger charge is -2.08. The average molecular weight is 336 g/mol.